The van der Waals surface area contributed by atoms with Gasteiger partial charge in [-0.1, -0.05) is 41.3 Å². The molecule has 1 aromatic carbocycles. The quantitative estimate of drug-likeness (QED) is 0.559. The van der Waals surface area contributed by atoms with E-state index >= 15 is 0 Å². The summed E-state index contributed by atoms with van der Waals surface area (Å²) in [6.07, 6.45) is 2.70. The number of carbonyl (C=O) groups is 1. The normalized spacial score (nSPS) is 16.4. The van der Waals surface area contributed by atoms with Gasteiger partial charge in [-0.25, -0.2) is 17.1 Å². The lowest BCUT2D eigenvalue weighted by molar-refractivity contribution is -0.120. The summed E-state index contributed by atoms with van der Waals surface area (Å²) in [6, 6.07) is 5.85. The van der Waals surface area contributed by atoms with Crippen LogP contribution in [0.25, 0.3) is 0 Å². The van der Waals surface area contributed by atoms with Crippen LogP contribution < -0.4 is 5.32 Å². The van der Waals surface area contributed by atoms with Crippen molar-refractivity contribution >= 4 is 44.2 Å². The van der Waals surface area contributed by atoms with Gasteiger partial charge in [0.1, 0.15) is 5.82 Å². The Balaban J connectivity index is 1.56. The maximum atomic E-state index is 13.7. The zero-order valence-electron chi connectivity index (χ0n) is 14.6. The Hall–Kier alpha value is -1.56. The summed E-state index contributed by atoms with van der Waals surface area (Å²) < 4.78 is 40.9. The van der Waals surface area contributed by atoms with E-state index in [0.717, 1.165) is 4.34 Å². The van der Waals surface area contributed by atoms with Gasteiger partial charge in [0.2, 0.25) is 21.1 Å². The fraction of sp³-hybridized carbons (Fsp3) is 0.438. The highest BCUT2D eigenvalue weighted by Crippen LogP contribution is 2.26. The zero-order chi connectivity index (χ0) is 19.4. The van der Waals surface area contributed by atoms with Crippen LogP contribution in [0.4, 0.5) is 9.52 Å². The van der Waals surface area contributed by atoms with Crippen molar-refractivity contribution in [3.05, 3.63) is 35.6 Å². The number of nitrogens with zero attached hydrogens (tertiary/aromatic N) is 3. The Kier molecular flexibility index (Phi) is 6.45. The Morgan fingerprint density at radius 3 is 2.67 bits per heavy atom. The van der Waals surface area contributed by atoms with Gasteiger partial charge in [-0.05, 0) is 25.2 Å². The minimum absolute atomic E-state index is 0.151. The van der Waals surface area contributed by atoms with Crippen molar-refractivity contribution in [2.75, 3.05) is 24.7 Å². The number of aromatic nitrogens is 2. The van der Waals surface area contributed by atoms with Crippen LogP contribution in [-0.2, 0) is 20.6 Å². The summed E-state index contributed by atoms with van der Waals surface area (Å²) in [7, 11) is -3.63. The lowest BCUT2D eigenvalue weighted by atomic mass is 9.97. The average Bonchev–Trinajstić information content (AvgIpc) is 3.11. The standard InChI is InChI=1S/C16H19FN4O3S3/c1-25-16-20-19-15(26-16)18-14(22)11-6-8-21(9-7-11)27(23,24)10-12-4-2-3-5-13(12)17/h2-5,11H,6-10H2,1H3,(H,18,19,22). The van der Waals surface area contributed by atoms with E-state index in [4.69, 9.17) is 0 Å². The Morgan fingerprint density at radius 1 is 1.33 bits per heavy atom. The highest BCUT2D eigenvalue weighted by Gasteiger charge is 2.32. The molecule has 1 saturated heterocycles. The van der Waals surface area contributed by atoms with E-state index in [1.54, 1.807) is 6.07 Å². The third-order valence-electron chi connectivity index (χ3n) is 4.33. The van der Waals surface area contributed by atoms with Crippen molar-refractivity contribution in [1.82, 2.24) is 14.5 Å². The molecule has 0 radical (unpaired) electrons. The number of hydrogen-bond acceptors (Lipinski definition) is 7. The fourth-order valence-corrected chi connectivity index (χ4v) is 5.60. The largest absolute Gasteiger partial charge is 0.300 e. The van der Waals surface area contributed by atoms with Gasteiger partial charge in [0.05, 0.1) is 5.75 Å². The third-order valence-corrected chi connectivity index (χ3v) is 7.97. The number of carbonyl (C=O) groups excluding carboxylic acids is 1. The highest BCUT2D eigenvalue weighted by atomic mass is 32.2. The first-order chi connectivity index (χ1) is 12.9. The average molecular weight is 431 g/mol. The molecule has 1 N–H and O–H groups in total. The zero-order valence-corrected chi connectivity index (χ0v) is 17.0. The predicted molar refractivity (Wildman–Crippen MR) is 104 cm³/mol. The van der Waals surface area contributed by atoms with Gasteiger partial charge in [-0.15, -0.1) is 10.2 Å². The number of sulfonamides is 1. The number of amides is 1. The molecule has 0 spiro atoms. The summed E-state index contributed by atoms with van der Waals surface area (Å²) >= 11 is 2.75. The summed E-state index contributed by atoms with van der Waals surface area (Å²) in [6.45, 7) is 0.474. The van der Waals surface area contributed by atoms with E-state index in [9.17, 15) is 17.6 Å². The second kappa shape index (κ2) is 8.63. The lowest BCUT2D eigenvalue weighted by Crippen LogP contribution is -2.42. The molecule has 3 rings (SSSR count). The van der Waals surface area contributed by atoms with Gasteiger partial charge >= 0.3 is 0 Å². The molecule has 2 aromatic rings. The molecule has 0 unspecified atom stereocenters. The SMILES string of the molecule is CSc1nnc(NC(=O)C2CCN(S(=O)(=O)Cc3ccccc3F)CC2)s1. The molecule has 0 saturated carbocycles. The maximum Gasteiger partial charge on any atom is 0.229 e. The fourth-order valence-electron chi connectivity index (χ4n) is 2.85. The Labute approximate surface area is 165 Å². The molecule has 146 valence electrons. The van der Waals surface area contributed by atoms with E-state index in [2.05, 4.69) is 15.5 Å². The first-order valence-electron chi connectivity index (χ1n) is 8.28. The van der Waals surface area contributed by atoms with E-state index in [1.807, 2.05) is 6.26 Å². The third kappa shape index (κ3) is 5.03. The lowest BCUT2D eigenvalue weighted by Gasteiger charge is -2.30. The second-order valence-corrected chi connectivity index (χ2v) is 10.1. The minimum Gasteiger partial charge on any atom is -0.300 e. The molecule has 1 aliphatic rings. The van der Waals surface area contributed by atoms with E-state index in [0.29, 0.717) is 18.0 Å². The maximum absolute atomic E-state index is 13.7. The highest BCUT2D eigenvalue weighted by molar-refractivity contribution is 8.00. The second-order valence-electron chi connectivity index (χ2n) is 6.09. The van der Waals surface area contributed by atoms with Crippen LogP contribution in [0.15, 0.2) is 28.6 Å². The van der Waals surface area contributed by atoms with E-state index in [-0.39, 0.29) is 36.2 Å². The molecular formula is C16H19FN4O3S3. The first-order valence-corrected chi connectivity index (χ1v) is 11.9. The molecule has 0 atom stereocenters. The minimum atomic E-state index is -3.63. The number of anilines is 1. The number of benzene rings is 1. The summed E-state index contributed by atoms with van der Waals surface area (Å²) in [5, 5.41) is 11.0. The number of rotatable bonds is 6. The van der Waals surface area contributed by atoms with Gasteiger partial charge in [0.25, 0.3) is 0 Å². The van der Waals surface area contributed by atoms with Gasteiger partial charge in [0.15, 0.2) is 4.34 Å². The number of piperidine rings is 1. The van der Waals surface area contributed by atoms with Gasteiger partial charge in [-0.2, -0.15) is 0 Å². The van der Waals surface area contributed by atoms with Crippen molar-refractivity contribution < 1.29 is 17.6 Å². The Bertz CT molecular complexity index is 911. The van der Waals surface area contributed by atoms with E-state index in [1.165, 1.54) is 45.6 Å². The van der Waals surface area contributed by atoms with Gasteiger partial charge < -0.3 is 5.32 Å². The molecule has 1 aromatic heterocycles. The van der Waals surface area contributed by atoms with E-state index < -0.39 is 15.8 Å². The number of halogens is 1. The van der Waals surface area contributed by atoms with Crippen LogP contribution >= 0.6 is 23.1 Å². The molecule has 1 fully saturated rings. The van der Waals surface area contributed by atoms with Crippen LogP contribution in [0.3, 0.4) is 0 Å². The number of hydrogen-bond donors (Lipinski definition) is 1. The van der Waals surface area contributed by atoms with Crippen LogP contribution in [0.1, 0.15) is 18.4 Å². The van der Waals surface area contributed by atoms with Crippen molar-refractivity contribution in [3.8, 4) is 0 Å². The van der Waals surface area contributed by atoms with Crippen molar-refractivity contribution in [3.63, 3.8) is 0 Å². The number of nitrogens with one attached hydrogen (secondary N) is 1. The summed E-state index contributed by atoms with van der Waals surface area (Å²) in [5.74, 6) is -1.37. The van der Waals surface area contributed by atoms with Crippen LogP contribution in [-0.4, -0.2) is 48.2 Å². The van der Waals surface area contributed by atoms with Crippen molar-refractivity contribution in [2.45, 2.75) is 22.9 Å². The van der Waals surface area contributed by atoms with Crippen LogP contribution in [0, 0.1) is 11.7 Å². The number of thioether (sulfide) groups is 1. The predicted octanol–water partition coefficient (Wildman–Crippen LogP) is 2.58. The molecular weight excluding hydrogens is 411 g/mol. The molecule has 0 aliphatic carbocycles. The molecule has 1 amide bonds. The molecule has 2 heterocycles. The monoisotopic (exact) mass is 430 g/mol. The molecule has 1 aliphatic heterocycles. The van der Waals surface area contributed by atoms with Crippen molar-refractivity contribution in [1.29, 1.82) is 0 Å². The molecule has 7 nitrogen and oxygen atoms in total. The van der Waals surface area contributed by atoms with Gasteiger partial charge in [0, 0.05) is 24.6 Å². The Morgan fingerprint density at radius 2 is 2.04 bits per heavy atom. The smallest absolute Gasteiger partial charge is 0.229 e. The van der Waals surface area contributed by atoms with Crippen LogP contribution in [0.2, 0.25) is 0 Å². The first kappa shape index (κ1) is 20.2. The molecule has 0 bridgehead atoms. The van der Waals surface area contributed by atoms with Crippen molar-refractivity contribution in [2.24, 2.45) is 5.92 Å². The summed E-state index contributed by atoms with van der Waals surface area (Å²) in [5.41, 5.74) is 0.151. The summed E-state index contributed by atoms with van der Waals surface area (Å²) in [4.78, 5) is 12.4. The van der Waals surface area contributed by atoms with Crippen LogP contribution in [0.5, 0.6) is 0 Å². The molecule has 11 heteroatoms. The molecule has 27 heavy (non-hydrogen) atoms. The van der Waals surface area contributed by atoms with Gasteiger partial charge in [-0.3, -0.25) is 4.79 Å². The topological polar surface area (TPSA) is 92.3 Å².